The topological polar surface area (TPSA) is 86.9 Å². The van der Waals surface area contributed by atoms with Gasteiger partial charge in [0.1, 0.15) is 5.69 Å². The van der Waals surface area contributed by atoms with Gasteiger partial charge in [-0.15, -0.1) is 0 Å². The number of hydrogen-bond donors (Lipinski definition) is 3. The first kappa shape index (κ1) is 16.9. The molecule has 0 bridgehead atoms. The Hall–Kier alpha value is -2.93. The van der Waals surface area contributed by atoms with Gasteiger partial charge in [-0.1, -0.05) is 30.3 Å². The average molecular weight is 399 g/mol. The lowest BCUT2D eigenvalue weighted by molar-refractivity contribution is 0.0843. The fourth-order valence-electron chi connectivity index (χ4n) is 2.32. The molecular weight excluding hydrogens is 384 g/mol. The molecule has 0 saturated carbocycles. The molecule has 126 valence electrons. The normalized spacial score (nSPS) is 10.3. The van der Waals surface area contributed by atoms with Crippen LogP contribution in [0.3, 0.4) is 0 Å². The van der Waals surface area contributed by atoms with E-state index in [-0.39, 0.29) is 0 Å². The number of amides is 2. The third-order valence-corrected chi connectivity index (χ3v) is 4.04. The summed E-state index contributed by atoms with van der Waals surface area (Å²) >= 11 is 3.25. The highest BCUT2D eigenvalue weighted by Gasteiger charge is 2.13. The molecule has 0 atom stereocenters. The van der Waals surface area contributed by atoms with Gasteiger partial charge in [-0.2, -0.15) is 0 Å². The summed E-state index contributed by atoms with van der Waals surface area (Å²) in [7, 11) is 0. The van der Waals surface area contributed by atoms with Gasteiger partial charge in [0.05, 0.1) is 17.0 Å². The van der Waals surface area contributed by atoms with Crippen LogP contribution in [0.2, 0.25) is 0 Å². The van der Waals surface area contributed by atoms with Gasteiger partial charge < -0.3 is 4.98 Å². The summed E-state index contributed by atoms with van der Waals surface area (Å²) in [6.45, 7) is 1.76. The highest BCUT2D eigenvalue weighted by atomic mass is 79.9. The number of hydrazine groups is 1. The van der Waals surface area contributed by atoms with Crippen LogP contribution in [0, 0.1) is 6.92 Å². The molecule has 2 heterocycles. The quantitative estimate of drug-likeness (QED) is 0.591. The number of nitrogens with zero attached hydrogens (tertiary/aromatic N) is 1. The monoisotopic (exact) mass is 398 g/mol. The lowest BCUT2D eigenvalue weighted by atomic mass is 10.1. The Bertz CT molecular complexity index is 922. The minimum absolute atomic E-state index is 0.335. The molecule has 3 rings (SSSR count). The van der Waals surface area contributed by atoms with E-state index in [1.807, 2.05) is 30.3 Å². The largest absolute Gasteiger partial charge is 0.356 e. The Labute approximate surface area is 152 Å². The van der Waals surface area contributed by atoms with Crippen LogP contribution < -0.4 is 10.9 Å². The Kier molecular flexibility index (Phi) is 4.95. The second-order valence-corrected chi connectivity index (χ2v) is 6.25. The van der Waals surface area contributed by atoms with Crippen molar-refractivity contribution in [2.24, 2.45) is 0 Å². The highest BCUT2D eigenvalue weighted by molar-refractivity contribution is 9.10. The number of rotatable bonds is 3. The van der Waals surface area contributed by atoms with Crippen LogP contribution in [0.1, 0.15) is 26.5 Å². The molecule has 0 saturated heterocycles. The molecule has 2 amide bonds. The zero-order valence-electron chi connectivity index (χ0n) is 13.3. The first-order chi connectivity index (χ1) is 12.0. The fraction of sp³-hybridized carbons (Fsp3) is 0.0556. The van der Waals surface area contributed by atoms with E-state index in [1.165, 1.54) is 0 Å². The van der Waals surface area contributed by atoms with Crippen LogP contribution in [0.25, 0.3) is 11.3 Å². The molecule has 0 aliphatic carbocycles. The van der Waals surface area contributed by atoms with E-state index in [1.54, 1.807) is 31.3 Å². The van der Waals surface area contributed by atoms with E-state index in [2.05, 4.69) is 36.7 Å². The third kappa shape index (κ3) is 3.95. The van der Waals surface area contributed by atoms with Gasteiger partial charge in [-0.3, -0.25) is 25.4 Å². The molecule has 0 radical (unpaired) electrons. The molecule has 0 fully saturated rings. The van der Waals surface area contributed by atoms with E-state index in [0.717, 1.165) is 15.7 Å². The van der Waals surface area contributed by atoms with Crippen molar-refractivity contribution in [3.05, 3.63) is 76.2 Å². The number of aromatic amines is 1. The van der Waals surface area contributed by atoms with Gasteiger partial charge in [-0.05, 0) is 41.1 Å². The van der Waals surface area contributed by atoms with Gasteiger partial charge in [0, 0.05) is 16.2 Å². The zero-order chi connectivity index (χ0) is 17.8. The number of hydrogen-bond acceptors (Lipinski definition) is 3. The number of nitrogens with one attached hydrogen (secondary N) is 3. The lowest BCUT2D eigenvalue weighted by Crippen LogP contribution is -2.42. The number of aromatic nitrogens is 2. The Morgan fingerprint density at radius 3 is 2.40 bits per heavy atom. The number of carbonyl (C=O) groups excluding carboxylic acids is 2. The van der Waals surface area contributed by atoms with Crippen LogP contribution in [0.4, 0.5) is 0 Å². The molecule has 6 nitrogen and oxygen atoms in total. The predicted octanol–water partition coefficient (Wildman–Crippen LogP) is 3.22. The maximum absolute atomic E-state index is 12.3. The standard InChI is InChI=1S/C18H15BrN4O2/c1-11-14(7-8-15(21-11)12-5-3-2-4-6-12)17(24)22-23-18(25)16-9-13(19)10-20-16/h2-10,20H,1H3,(H,22,24)(H,23,25). The summed E-state index contributed by atoms with van der Waals surface area (Å²) in [5.74, 6) is -0.867. The van der Waals surface area contributed by atoms with Gasteiger partial charge >= 0.3 is 0 Å². The third-order valence-electron chi connectivity index (χ3n) is 3.58. The lowest BCUT2D eigenvalue weighted by Gasteiger charge is -2.09. The van der Waals surface area contributed by atoms with Crippen molar-refractivity contribution in [2.75, 3.05) is 0 Å². The van der Waals surface area contributed by atoms with E-state index in [0.29, 0.717) is 17.0 Å². The van der Waals surface area contributed by atoms with Crippen LogP contribution >= 0.6 is 15.9 Å². The summed E-state index contributed by atoms with van der Waals surface area (Å²) in [5.41, 5.74) is 7.83. The minimum atomic E-state index is -0.439. The minimum Gasteiger partial charge on any atom is -0.356 e. The Morgan fingerprint density at radius 2 is 1.76 bits per heavy atom. The molecular formula is C18H15BrN4O2. The molecule has 0 spiro atoms. The first-order valence-electron chi connectivity index (χ1n) is 7.52. The van der Waals surface area contributed by atoms with Crippen LogP contribution in [0.15, 0.2) is 59.2 Å². The van der Waals surface area contributed by atoms with Crippen molar-refractivity contribution in [1.29, 1.82) is 0 Å². The van der Waals surface area contributed by atoms with E-state index in [4.69, 9.17) is 0 Å². The van der Waals surface area contributed by atoms with Gasteiger partial charge in [0.2, 0.25) is 0 Å². The summed E-state index contributed by atoms with van der Waals surface area (Å²) in [4.78, 5) is 31.4. The summed E-state index contributed by atoms with van der Waals surface area (Å²) in [6.07, 6.45) is 1.63. The molecule has 3 N–H and O–H groups in total. The van der Waals surface area contributed by atoms with Crippen molar-refractivity contribution in [1.82, 2.24) is 20.8 Å². The Morgan fingerprint density at radius 1 is 1.04 bits per heavy atom. The number of halogens is 1. The van der Waals surface area contributed by atoms with Crippen molar-refractivity contribution in [3.8, 4) is 11.3 Å². The molecule has 3 aromatic rings. The maximum Gasteiger partial charge on any atom is 0.286 e. The molecule has 1 aromatic carbocycles. The van der Waals surface area contributed by atoms with E-state index in [9.17, 15) is 9.59 Å². The average Bonchev–Trinajstić information content (AvgIpc) is 3.06. The molecule has 7 heteroatoms. The van der Waals surface area contributed by atoms with Crippen LogP contribution in [-0.2, 0) is 0 Å². The van der Waals surface area contributed by atoms with Crippen LogP contribution in [-0.4, -0.2) is 21.8 Å². The zero-order valence-corrected chi connectivity index (χ0v) is 14.9. The molecule has 0 aliphatic rings. The molecule has 25 heavy (non-hydrogen) atoms. The summed E-state index contributed by atoms with van der Waals surface area (Å²) in [5, 5.41) is 0. The van der Waals surface area contributed by atoms with Crippen molar-refractivity contribution in [2.45, 2.75) is 6.92 Å². The van der Waals surface area contributed by atoms with Crippen molar-refractivity contribution < 1.29 is 9.59 Å². The second-order valence-electron chi connectivity index (χ2n) is 5.34. The summed E-state index contributed by atoms with van der Waals surface area (Å²) in [6, 6.07) is 14.8. The maximum atomic E-state index is 12.3. The first-order valence-corrected chi connectivity index (χ1v) is 8.31. The predicted molar refractivity (Wildman–Crippen MR) is 97.8 cm³/mol. The summed E-state index contributed by atoms with van der Waals surface area (Å²) < 4.78 is 0.750. The fourth-order valence-corrected chi connectivity index (χ4v) is 2.66. The van der Waals surface area contributed by atoms with Gasteiger partial charge in [0.15, 0.2) is 0 Å². The molecule has 2 aromatic heterocycles. The number of aryl methyl sites for hydroxylation is 1. The number of benzene rings is 1. The molecule has 0 aliphatic heterocycles. The van der Waals surface area contributed by atoms with Gasteiger partial charge in [0.25, 0.3) is 11.8 Å². The highest BCUT2D eigenvalue weighted by Crippen LogP contribution is 2.18. The smallest absolute Gasteiger partial charge is 0.286 e. The molecule has 0 unspecified atom stereocenters. The van der Waals surface area contributed by atoms with Gasteiger partial charge in [-0.25, -0.2) is 0 Å². The number of H-pyrrole nitrogens is 1. The number of carbonyl (C=O) groups is 2. The second kappa shape index (κ2) is 7.31. The SMILES string of the molecule is Cc1nc(-c2ccccc2)ccc1C(=O)NNC(=O)c1cc(Br)c[nH]1. The Balaban J connectivity index is 1.69. The van der Waals surface area contributed by atoms with Crippen molar-refractivity contribution in [3.63, 3.8) is 0 Å². The van der Waals surface area contributed by atoms with Crippen LogP contribution in [0.5, 0.6) is 0 Å². The van der Waals surface area contributed by atoms with E-state index < -0.39 is 11.8 Å². The van der Waals surface area contributed by atoms with Crippen molar-refractivity contribution >= 4 is 27.7 Å². The van der Waals surface area contributed by atoms with E-state index >= 15 is 0 Å². The number of pyridine rings is 1.